The fourth-order valence-electron chi connectivity index (χ4n) is 2.26. The van der Waals surface area contributed by atoms with Crippen molar-refractivity contribution in [1.82, 2.24) is 9.97 Å². The summed E-state index contributed by atoms with van der Waals surface area (Å²) < 4.78 is 43.5. The van der Waals surface area contributed by atoms with Crippen LogP contribution in [0.15, 0.2) is 30.5 Å². The summed E-state index contributed by atoms with van der Waals surface area (Å²) in [4.78, 5) is 32.5. The van der Waals surface area contributed by atoms with Crippen molar-refractivity contribution in [2.24, 2.45) is 0 Å². The lowest BCUT2D eigenvalue weighted by Gasteiger charge is -2.27. The number of aryl methyl sites for hydroxylation is 1. The predicted molar refractivity (Wildman–Crippen MR) is 96.0 cm³/mol. The first-order chi connectivity index (χ1) is 12.9. The van der Waals surface area contributed by atoms with Gasteiger partial charge in [0.25, 0.3) is 0 Å². The Labute approximate surface area is 160 Å². The number of ether oxygens (including phenoxy) is 1. The molecule has 0 aliphatic heterocycles. The van der Waals surface area contributed by atoms with Crippen molar-refractivity contribution >= 4 is 18.2 Å². The lowest BCUT2D eigenvalue weighted by molar-refractivity contribution is -0.141. The molecule has 0 aliphatic carbocycles. The molecule has 0 fully saturated rings. The maximum atomic E-state index is 12.7. The van der Waals surface area contributed by atoms with E-state index in [-0.39, 0.29) is 12.4 Å². The molecule has 2 aromatic heterocycles. The fraction of sp³-hybridized carbons (Fsp3) is 0.368. The first kappa shape index (κ1) is 21.3. The monoisotopic (exact) mass is 395 g/mol. The Bertz CT molecular complexity index is 859. The molecule has 28 heavy (non-hydrogen) atoms. The van der Waals surface area contributed by atoms with Gasteiger partial charge in [0.2, 0.25) is 0 Å². The van der Waals surface area contributed by atoms with Gasteiger partial charge < -0.3 is 4.74 Å². The van der Waals surface area contributed by atoms with Gasteiger partial charge >= 0.3 is 12.3 Å². The van der Waals surface area contributed by atoms with Gasteiger partial charge in [0.15, 0.2) is 6.29 Å². The van der Waals surface area contributed by atoms with Gasteiger partial charge in [0, 0.05) is 11.8 Å². The first-order valence-corrected chi connectivity index (χ1v) is 8.36. The Morgan fingerprint density at radius 3 is 2.32 bits per heavy atom. The largest absolute Gasteiger partial charge is 0.443 e. The summed E-state index contributed by atoms with van der Waals surface area (Å²) >= 11 is 0. The molecule has 0 aliphatic rings. The Morgan fingerprint density at radius 1 is 1.18 bits per heavy atom. The minimum atomic E-state index is -4.55. The van der Waals surface area contributed by atoms with Crippen LogP contribution in [0, 0.1) is 6.92 Å². The van der Waals surface area contributed by atoms with E-state index in [2.05, 4.69) is 9.97 Å². The molecule has 0 radical (unpaired) electrons. The third kappa shape index (κ3) is 5.51. The molecule has 2 heterocycles. The van der Waals surface area contributed by atoms with Gasteiger partial charge in [0.1, 0.15) is 17.1 Å². The number of halogens is 3. The number of hydrogen-bond donors (Lipinski definition) is 0. The number of rotatable bonds is 4. The van der Waals surface area contributed by atoms with Crippen molar-refractivity contribution in [3.63, 3.8) is 0 Å². The van der Waals surface area contributed by atoms with Gasteiger partial charge in [-0.2, -0.15) is 13.2 Å². The van der Waals surface area contributed by atoms with E-state index >= 15 is 0 Å². The van der Waals surface area contributed by atoms with E-state index in [0.29, 0.717) is 23.1 Å². The number of alkyl halides is 3. The zero-order chi connectivity index (χ0) is 21.1. The number of carbonyl (C=O) groups excluding carboxylic acids is 2. The zero-order valence-corrected chi connectivity index (χ0v) is 15.9. The maximum absolute atomic E-state index is 12.7. The van der Waals surface area contributed by atoms with Gasteiger partial charge in [-0.3, -0.25) is 14.7 Å². The fourth-order valence-corrected chi connectivity index (χ4v) is 2.26. The number of carbonyl (C=O) groups is 2. The van der Waals surface area contributed by atoms with E-state index in [1.165, 1.54) is 23.1 Å². The molecular formula is C19H20F3N3O3. The zero-order valence-electron chi connectivity index (χ0n) is 15.9. The number of anilines is 1. The van der Waals surface area contributed by atoms with Gasteiger partial charge in [-0.1, -0.05) is 6.07 Å². The van der Waals surface area contributed by atoms with Crippen LogP contribution in [-0.2, 0) is 17.5 Å². The van der Waals surface area contributed by atoms with Crippen LogP contribution in [0.4, 0.5) is 23.8 Å². The van der Waals surface area contributed by atoms with E-state index in [1.807, 2.05) is 0 Å². The second kappa shape index (κ2) is 7.95. The number of aromatic nitrogens is 2. The highest BCUT2D eigenvalue weighted by molar-refractivity contribution is 5.87. The minimum Gasteiger partial charge on any atom is -0.443 e. The second-order valence-corrected chi connectivity index (χ2v) is 7.08. The summed E-state index contributed by atoms with van der Waals surface area (Å²) in [6.45, 7) is 6.58. The number of hydrogen-bond acceptors (Lipinski definition) is 5. The van der Waals surface area contributed by atoms with Crippen LogP contribution in [0.2, 0.25) is 0 Å². The number of pyridine rings is 2. The van der Waals surface area contributed by atoms with E-state index < -0.39 is 23.6 Å². The molecule has 0 bridgehead atoms. The average molecular weight is 395 g/mol. The SMILES string of the molecule is Cc1nc(N(Cc2ccc(C(F)(F)F)nc2)C(=O)OC(C)(C)C)ccc1C=O. The molecule has 0 atom stereocenters. The average Bonchev–Trinajstić information content (AvgIpc) is 2.57. The summed E-state index contributed by atoms with van der Waals surface area (Å²) in [6, 6.07) is 5.06. The Kier molecular flexibility index (Phi) is 6.06. The molecule has 0 aromatic carbocycles. The van der Waals surface area contributed by atoms with Crippen molar-refractivity contribution in [2.75, 3.05) is 4.90 Å². The summed E-state index contributed by atoms with van der Waals surface area (Å²) in [5.41, 5.74) is -0.677. The van der Waals surface area contributed by atoms with Crippen LogP contribution in [0.5, 0.6) is 0 Å². The number of aldehydes is 1. The van der Waals surface area contributed by atoms with Gasteiger partial charge in [-0.25, -0.2) is 9.78 Å². The van der Waals surface area contributed by atoms with Crippen LogP contribution in [-0.4, -0.2) is 27.9 Å². The molecule has 0 saturated heterocycles. The lowest BCUT2D eigenvalue weighted by atomic mass is 10.2. The molecule has 2 rings (SSSR count). The van der Waals surface area contributed by atoms with Gasteiger partial charge in [0.05, 0.1) is 12.2 Å². The molecule has 2 aromatic rings. The van der Waals surface area contributed by atoms with Crippen LogP contribution in [0.1, 0.15) is 48.1 Å². The van der Waals surface area contributed by atoms with Crippen molar-refractivity contribution in [3.05, 3.63) is 53.0 Å². The molecular weight excluding hydrogens is 375 g/mol. The lowest BCUT2D eigenvalue weighted by Crippen LogP contribution is -2.37. The van der Waals surface area contributed by atoms with Crippen molar-refractivity contribution in [1.29, 1.82) is 0 Å². The maximum Gasteiger partial charge on any atom is 0.433 e. The molecule has 0 spiro atoms. The highest BCUT2D eigenvalue weighted by Crippen LogP contribution is 2.28. The quantitative estimate of drug-likeness (QED) is 0.710. The summed E-state index contributed by atoms with van der Waals surface area (Å²) in [6.07, 6.45) is -3.58. The van der Waals surface area contributed by atoms with Crippen LogP contribution >= 0.6 is 0 Å². The van der Waals surface area contributed by atoms with Crippen molar-refractivity contribution < 1.29 is 27.5 Å². The standard InChI is InChI=1S/C19H20F3N3O3/c1-12-14(11-26)6-8-16(24-12)25(17(27)28-18(2,3)4)10-13-5-7-15(23-9-13)19(20,21)22/h5-9,11H,10H2,1-4H3. The predicted octanol–water partition coefficient (Wildman–Crippen LogP) is 4.56. The smallest absolute Gasteiger partial charge is 0.433 e. The normalized spacial score (nSPS) is 11.8. The van der Waals surface area contributed by atoms with Gasteiger partial charge in [-0.15, -0.1) is 0 Å². The van der Waals surface area contributed by atoms with E-state index in [4.69, 9.17) is 4.74 Å². The summed E-state index contributed by atoms with van der Waals surface area (Å²) in [5, 5.41) is 0. The Balaban J connectivity index is 2.37. The van der Waals surface area contributed by atoms with Crippen LogP contribution < -0.4 is 4.90 Å². The number of nitrogens with zero attached hydrogens (tertiary/aromatic N) is 3. The highest BCUT2D eigenvalue weighted by atomic mass is 19.4. The molecule has 150 valence electrons. The summed E-state index contributed by atoms with van der Waals surface area (Å²) in [7, 11) is 0. The van der Waals surface area contributed by atoms with E-state index in [9.17, 15) is 22.8 Å². The molecule has 0 saturated carbocycles. The molecule has 1 amide bonds. The Morgan fingerprint density at radius 2 is 1.86 bits per heavy atom. The van der Waals surface area contributed by atoms with E-state index in [1.54, 1.807) is 27.7 Å². The Hall–Kier alpha value is -2.97. The number of amides is 1. The molecule has 0 unspecified atom stereocenters. The summed E-state index contributed by atoms with van der Waals surface area (Å²) in [5.74, 6) is 0.206. The molecule has 6 nitrogen and oxygen atoms in total. The topological polar surface area (TPSA) is 72.4 Å². The molecule has 0 N–H and O–H groups in total. The highest BCUT2D eigenvalue weighted by Gasteiger charge is 2.32. The van der Waals surface area contributed by atoms with Crippen molar-refractivity contribution in [2.45, 2.75) is 46.0 Å². The molecule has 9 heteroatoms. The van der Waals surface area contributed by atoms with Crippen LogP contribution in [0.25, 0.3) is 0 Å². The second-order valence-electron chi connectivity index (χ2n) is 7.08. The third-order valence-electron chi connectivity index (χ3n) is 3.59. The third-order valence-corrected chi connectivity index (χ3v) is 3.59. The van der Waals surface area contributed by atoms with Gasteiger partial charge in [-0.05, 0) is 51.5 Å². The van der Waals surface area contributed by atoms with E-state index in [0.717, 1.165) is 12.3 Å². The van der Waals surface area contributed by atoms with Crippen LogP contribution in [0.3, 0.4) is 0 Å². The van der Waals surface area contributed by atoms with Crippen molar-refractivity contribution in [3.8, 4) is 0 Å². The minimum absolute atomic E-state index is 0.104. The first-order valence-electron chi connectivity index (χ1n) is 8.36.